The maximum atomic E-state index is 12.1. The van der Waals surface area contributed by atoms with Crippen LogP contribution in [0.5, 0.6) is 0 Å². The van der Waals surface area contributed by atoms with Crippen LogP contribution in [0.15, 0.2) is 0 Å². The highest BCUT2D eigenvalue weighted by atomic mass is 16.1. The van der Waals surface area contributed by atoms with Gasteiger partial charge in [0, 0.05) is 24.7 Å². The molecule has 0 aromatic heterocycles. The lowest BCUT2D eigenvalue weighted by molar-refractivity contribution is -0.122. The Hall–Kier alpha value is -0.660. The van der Waals surface area contributed by atoms with E-state index in [0.29, 0.717) is 23.4 Å². The molecule has 0 radical (unpaired) electrons. The zero-order chi connectivity index (χ0) is 14.6. The van der Waals surface area contributed by atoms with E-state index in [4.69, 9.17) is 0 Å². The van der Waals surface area contributed by atoms with Gasteiger partial charge in [-0.15, -0.1) is 0 Å². The minimum Gasteiger partial charge on any atom is -0.299 e. The van der Waals surface area contributed by atoms with E-state index < -0.39 is 0 Å². The van der Waals surface area contributed by atoms with Crippen LogP contribution < -0.4 is 0 Å². The van der Waals surface area contributed by atoms with Crippen molar-refractivity contribution >= 4 is 11.6 Å². The van der Waals surface area contributed by atoms with E-state index in [9.17, 15) is 9.59 Å². The lowest BCUT2D eigenvalue weighted by atomic mass is 9.82. The highest BCUT2D eigenvalue weighted by molar-refractivity contribution is 5.84. The number of rotatable bonds is 0. The molecule has 118 valence electrons. The number of carbonyl (C=O) groups excluding carboxylic acids is 2. The maximum absolute atomic E-state index is 12.1. The molecule has 0 spiro atoms. The van der Waals surface area contributed by atoms with Crippen molar-refractivity contribution < 1.29 is 9.59 Å². The van der Waals surface area contributed by atoms with Crippen molar-refractivity contribution in [1.82, 2.24) is 0 Å². The van der Waals surface area contributed by atoms with Crippen LogP contribution in [-0.2, 0) is 9.59 Å². The van der Waals surface area contributed by atoms with Crippen LogP contribution in [0.2, 0.25) is 0 Å². The van der Waals surface area contributed by atoms with E-state index in [-0.39, 0.29) is 0 Å². The molecular weight excluding hydrogens is 272 g/mol. The van der Waals surface area contributed by atoms with E-state index in [0.717, 1.165) is 60.2 Å². The molecular formula is C20H26O2. The van der Waals surface area contributed by atoms with Gasteiger partial charge >= 0.3 is 0 Å². The van der Waals surface area contributed by atoms with Crippen LogP contribution in [-0.4, -0.2) is 11.6 Å². The first-order valence-corrected chi connectivity index (χ1v) is 9.78. The molecule has 6 fully saturated rings. The molecule has 6 aliphatic rings. The molecule has 0 saturated heterocycles. The van der Waals surface area contributed by atoms with Crippen molar-refractivity contribution in [2.75, 3.05) is 0 Å². The standard InChI is InChI=1S/C20H26O2/c21-19-3-1-9-11-5-13-14(15(11)7-17(9)19)6-12-10-2-4-20(22)18(10)8-16(12)13/h9-18H,1-8H2/t9-,10-,11+,12+,13-,14-,15-,16-,17+,18+/m0/s1. The van der Waals surface area contributed by atoms with Gasteiger partial charge in [-0.05, 0) is 85.9 Å². The van der Waals surface area contributed by atoms with Gasteiger partial charge in [0.2, 0.25) is 0 Å². The summed E-state index contributed by atoms with van der Waals surface area (Å²) < 4.78 is 0. The third-order valence-corrected chi connectivity index (χ3v) is 9.30. The van der Waals surface area contributed by atoms with Crippen LogP contribution in [0.3, 0.4) is 0 Å². The van der Waals surface area contributed by atoms with Crippen molar-refractivity contribution in [3.63, 3.8) is 0 Å². The second-order valence-corrected chi connectivity index (χ2v) is 9.48. The first kappa shape index (κ1) is 12.7. The number of carbonyl (C=O) groups is 2. The van der Waals surface area contributed by atoms with E-state index in [1.807, 2.05) is 0 Å². The van der Waals surface area contributed by atoms with Crippen molar-refractivity contribution in [3.8, 4) is 0 Å². The normalized spacial score (nSPS) is 61.3. The molecule has 10 atom stereocenters. The van der Waals surface area contributed by atoms with Crippen molar-refractivity contribution in [2.45, 2.75) is 51.4 Å². The SMILES string of the molecule is O=C1CC[C@H]2[C@H]3C[C@H]4[C@H](C[C@H]5[C@@H]4C[C@H]4C(=O)CC[C@@H]54)[C@H]3C[C@@H]12. The van der Waals surface area contributed by atoms with Gasteiger partial charge in [-0.1, -0.05) is 0 Å². The summed E-state index contributed by atoms with van der Waals surface area (Å²) in [6.45, 7) is 0. The summed E-state index contributed by atoms with van der Waals surface area (Å²) in [7, 11) is 0. The molecule has 0 bridgehead atoms. The van der Waals surface area contributed by atoms with Crippen LogP contribution in [0.1, 0.15) is 51.4 Å². The Kier molecular flexibility index (Phi) is 2.34. The summed E-state index contributed by atoms with van der Waals surface area (Å²) in [6.07, 6.45) is 9.45. The number of Topliss-reactive ketones (excluding diaryl/α,β-unsaturated/α-hetero) is 2. The number of hydrogen-bond acceptors (Lipinski definition) is 2. The van der Waals surface area contributed by atoms with Crippen LogP contribution in [0, 0.1) is 59.2 Å². The van der Waals surface area contributed by atoms with E-state index in [2.05, 4.69) is 0 Å². The van der Waals surface area contributed by atoms with Crippen molar-refractivity contribution in [3.05, 3.63) is 0 Å². The molecule has 0 aromatic carbocycles. The average Bonchev–Trinajstić information content (AvgIpc) is 3.23. The van der Waals surface area contributed by atoms with Gasteiger partial charge in [-0.3, -0.25) is 9.59 Å². The highest BCUT2D eigenvalue weighted by Crippen LogP contribution is 2.69. The second kappa shape index (κ2) is 4.05. The molecule has 2 heteroatoms. The Morgan fingerprint density at radius 2 is 0.864 bits per heavy atom. The van der Waals surface area contributed by atoms with E-state index in [1.165, 1.54) is 38.5 Å². The largest absolute Gasteiger partial charge is 0.299 e. The van der Waals surface area contributed by atoms with Crippen LogP contribution in [0.4, 0.5) is 0 Å². The lowest BCUT2D eigenvalue weighted by Gasteiger charge is -2.23. The summed E-state index contributed by atoms with van der Waals surface area (Å²) in [5.74, 6) is 8.97. The Balaban J connectivity index is 1.28. The predicted octanol–water partition coefficient (Wildman–Crippen LogP) is 3.49. The summed E-state index contributed by atoms with van der Waals surface area (Å²) >= 11 is 0. The topological polar surface area (TPSA) is 34.1 Å². The third-order valence-electron chi connectivity index (χ3n) is 9.30. The van der Waals surface area contributed by atoms with Crippen molar-refractivity contribution in [2.24, 2.45) is 59.2 Å². The quantitative estimate of drug-likeness (QED) is 0.686. The smallest absolute Gasteiger partial charge is 0.136 e. The summed E-state index contributed by atoms with van der Waals surface area (Å²) in [5.41, 5.74) is 0. The fourth-order valence-corrected chi connectivity index (χ4v) is 8.72. The minimum atomic E-state index is 0.456. The first-order chi connectivity index (χ1) is 10.7. The molecule has 0 heterocycles. The monoisotopic (exact) mass is 298 g/mol. The van der Waals surface area contributed by atoms with Gasteiger partial charge in [0.15, 0.2) is 0 Å². The number of fused-ring (bicyclic) bond motifs is 9. The number of hydrogen-bond donors (Lipinski definition) is 0. The summed E-state index contributed by atoms with van der Waals surface area (Å²) in [6, 6.07) is 0. The van der Waals surface area contributed by atoms with Crippen molar-refractivity contribution in [1.29, 1.82) is 0 Å². The minimum absolute atomic E-state index is 0.456. The van der Waals surface area contributed by atoms with Gasteiger partial charge < -0.3 is 0 Å². The molecule has 6 saturated carbocycles. The van der Waals surface area contributed by atoms with Gasteiger partial charge in [-0.2, -0.15) is 0 Å². The Morgan fingerprint density at radius 3 is 1.32 bits per heavy atom. The fourth-order valence-electron chi connectivity index (χ4n) is 8.72. The molecule has 0 unspecified atom stereocenters. The van der Waals surface area contributed by atoms with Crippen LogP contribution in [0.25, 0.3) is 0 Å². The number of ketones is 2. The average molecular weight is 298 g/mol. The Morgan fingerprint density at radius 1 is 0.500 bits per heavy atom. The molecule has 0 N–H and O–H groups in total. The molecule has 0 aliphatic heterocycles. The zero-order valence-electron chi connectivity index (χ0n) is 13.2. The molecule has 0 aromatic rings. The Bertz CT molecular complexity index is 516. The van der Waals surface area contributed by atoms with Gasteiger partial charge in [-0.25, -0.2) is 0 Å². The van der Waals surface area contributed by atoms with Gasteiger partial charge in [0.1, 0.15) is 11.6 Å². The predicted molar refractivity (Wildman–Crippen MR) is 81.9 cm³/mol. The maximum Gasteiger partial charge on any atom is 0.136 e. The third kappa shape index (κ3) is 1.35. The van der Waals surface area contributed by atoms with E-state index in [1.54, 1.807) is 0 Å². The molecule has 6 rings (SSSR count). The molecule has 2 nitrogen and oxygen atoms in total. The highest BCUT2D eigenvalue weighted by Gasteiger charge is 2.64. The van der Waals surface area contributed by atoms with E-state index >= 15 is 0 Å². The molecule has 6 aliphatic carbocycles. The Labute approximate surface area is 132 Å². The van der Waals surface area contributed by atoms with Crippen LogP contribution >= 0.6 is 0 Å². The first-order valence-electron chi connectivity index (χ1n) is 9.78. The molecule has 22 heavy (non-hydrogen) atoms. The van der Waals surface area contributed by atoms with Gasteiger partial charge in [0.05, 0.1) is 0 Å². The fraction of sp³-hybridized carbons (Fsp3) is 0.900. The second-order valence-electron chi connectivity index (χ2n) is 9.48. The zero-order valence-corrected chi connectivity index (χ0v) is 13.2. The van der Waals surface area contributed by atoms with Gasteiger partial charge in [0.25, 0.3) is 0 Å². The summed E-state index contributed by atoms with van der Waals surface area (Å²) in [5, 5.41) is 0. The molecule has 0 amide bonds. The summed E-state index contributed by atoms with van der Waals surface area (Å²) in [4.78, 5) is 24.2. The lowest BCUT2D eigenvalue weighted by Crippen LogP contribution is -2.18.